The van der Waals surface area contributed by atoms with Gasteiger partial charge in [-0.2, -0.15) is 4.31 Å². The van der Waals surface area contributed by atoms with E-state index in [9.17, 15) is 12.8 Å². The Bertz CT molecular complexity index is 644. The summed E-state index contributed by atoms with van der Waals surface area (Å²) in [5, 5.41) is 3.30. The van der Waals surface area contributed by atoms with Crippen LogP contribution in [0.5, 0.6) is 0 Å². The Morgan fingerprint density at radius 2 is 1.95 bits per heavy atom. The second-order valence-electron chi connectivity index (χ2n) is 6.03. The number of sulfonamides is 1. The van der Waals surface area contributed by atoms with Crippen molar-refractivity contribution >= 4 is 10.0 Å². The van der Waals surface area contributed by atoms with E-state index >= 15 is 0 Å². The number of hydrogen-bond acceptors (Lipinski definition) is 4. The molecular formula is C15H22FN3O2S. The molecule has 0 spiro atoms. The van der Waals surface area contributed by atoms with Gasteiger partial charge in [-0.1, -0.05) is 6.07 Å². The third-order valence-electron chi connectivity index (χ3n) is 4.50. The lowest BCUT2D eigenvalue weighted by atomic mass is 10.2. The van der Waals surface area contributed by atoms with Gasteiger partial charge in [0.25, 0.3) is 0 Å². The number of nitrogens with one attached hydrogen (secondary N) is 1. The van der Waals surface area contributed by atoms with Crippen LogP contribution in [0, 0.1) is 12.7 Å². The van der Waals surface area contributed by atoms with E-state index in [0.717, 1.165) is 38.2 Å². The van der Waals surface area contributed by atoms with Crippen LogP contribution in [0.25, 0.3) is 0 Å². The zero-order chi connectivity index (χ0) is 15.7. The van der Waals surface area contributed by atoms with Gasteiger partial charge in [0.1, 0.15) is 10.7 Å². The molecular weight excluding hydrogens is 305 g/mol. The minimum atomic E-state index is -3.75. The average molecular weight is 327 g/mol. The quantitative estimate of drug-likeness (QED) is 0.892. The Hall–Kier alpha value is -1.02. The van der Waals surface area contributed by atoms with Crippen molar-refractivity contribution in [3.8, 4) is 0 Å². The summed E-state index contributed by atoms with van der Waals surface area (Å²) >= 11 is 0. The fraction of sp³-hybridized carbons (Fsp3) is 0.600. The fourth-order valence-electron chi connectivity index (χ4n) is 3.22. The molecule has 2 aliphatic rings. The molecule has 0 radical (unpaired) electrons. The lowest BCUT2D eigenvalue weighted by molar-refractivity contribution is 0.179. The van der Waals surface area contributed by atoms with Crippen molar-refractivity contribution in [1.82, 2.24) is 14.5 Å². The monoisotopic (exact) mass is 327 g/mol. The molecule has 2 aliphatic heterocycles. The molecule has 2 fully saturated rings. The summed E-state index contributed by atoms with van der Waals surface area (Å²) < 4.78 is 40.8. The largest absolute Gasteiger partial charge is 0.314 e. The van der Waals surface area contributed by atoms with Gasteiger partial charge in [0.15, 0.2) is 0 Å². The van der Waals surface area contributed by atoms with Gasteiger partial charge in [-0.15, -0.1) is 0 Å². The summed E-state index contributed by atoms with van der Waals surface area (Å²) in [7, 11) is -3.75. The van der Waals surface area contributed by atoms with Crippen LogP contribution in [0.3, 0.4) is 0 Å². The van der Waals surface area contributed by atoms with E-state index in [-0.39, 0.29) is 10.9 Å². The van der Waals surface area contributed by atoms with Gasteiger partial charge in [-0.25, -0.2) is 12.8 Å². The Morgan fingerprint density at radius 3 is 2.68 bits per heavy atom. The predicted molar refractivity (Wildman–Crippen MR) is 82.7 cm³/mol. The van der Waals surface area contributed by atoms with Gasteiger partial charge in [-0.3, -0.25) is 4.90 Å². The van der Waals surface area contributed by atoms with E-state index in [0.29, 0.717) is 13.1 Å². The van der Waals surface area contributed by atoms with Gasteiger partial charge in [-0.05, 0) is 31.0 Å². The number of rotatable bonds is 3. The maximum absolute atomic E-state index is 13.9. The lowest BCUT2D eigenvalue weighted by Crippen LogP contribution is -2.49. The molecule has 1 aromatic rings. The van der Waals surface area contributed by atoms with Crippen molar-refractivity contribution in [2.24, 2.45) is 0 Å². The number of benzene rings is 1. The highest BCUT2D eigenvalue weighted by atomic mass is 32.2. The SMILES string of the molecule is Cc1ccc(F)c(S(=O)(=O)N2CCC(N3CCNCC3)C2)c1. The van der Waals surface area contributed by atoms with Crippen molar-refractivity contribution in [3.63, 3.8) is 0 Å². The standard InChI is InChI=1S/C15H22FN3O2S/c1-12-2-3-14(16)15(10-12)22(20,21)19-7-4-13(11-19)18-8-5-17-6-9-18/h2-3,10,13,17H,4-9,11H2,1H3. The second-order valence-corrected chi connectivity index (χ2v) is 7.93. The van der Waals surface area contributed by atoms with Crippen LogP contribution in [0.15, 0.2) is 23.1 Å². The molecule has 5 nitrogen and oxygen atoms in total. The number of nitrogens with zero attached hydrogens (tertiary/aromatic N) is 2. The second kappa shape index (κ2) is 6.23. The molecule has 3 rings (SSSR count). The van der Waals surface area contributed by atoms with Crippen LogP contribution in [0.4, 0.5) is 4.39 Å². The molecule has 0 aliphatic carbocycles. The molecule has 7 heteroatoms. The van der Waals surface area contributed by atoms with Crippen LogP contribution < -0.4 is 5.32 Å². The van der Waals surface area contributed by atoms with Gasteiger partial charge >= 0.3 is 0 Å². The molecule has 1 N–H and O–H groups in total. The van der Waals surface area contributed by atoms with E-state index in [1.165, 1.54) is 16.4 Å². The summed E-state index contributed by atoms with van der Waals surface area (Å²) in [6, 6.07) is 4.47. The third kappa shape index (κ3) is 3.03. The van der Waals surface area contributed by atoms with Gasteiger partial charge in [0, 0.05) is 45.3 Å². The zero-order valence-electron chi connectivity index (χ0n) is 12.8. The van der Waals surface area contributed by atoms with Gasteiger partial charge < -0.3 is 5.32 Å². The lowest BCUT2D eigenvalue weighted by Gasteiger charge is -2.32. The molecule has 1 unspecified atom stereocenters. The summed E-state index contributed by atoms with van der Waals surface area (Å²) in [5.74, 6) is -0.670. The molecule has 1 aromatic carbocycles. The molecule has 1 atom stereocenters. The van der Waals surface area contributed by atoms with Crippen molar-refractivity contribution in [1.29, 1.82) is 0 Å². The van der Waals surface area contributed by atoms with Crippen LogP contribution in [0.2, 0.25) is 0 Å². The first-order valence-corrected chi connectivity index (χ1v) is 9.13. The van der Waals surface area contributed by atoms with Crippen molar-refractivity contribution in [3.05, 3.63) is 29.6 Å². The van der Waals surface area contributed by atoms with Crippen LogP contribution in [-0.4, -0.2) is 62.9 Å². The topological polar surface area (TPSA) is 52.7 Å². The van der Waals surface area contributed by atoms with E-state index in [1.807, 2.05) is 0 Å². The van der Waals surface area contributed by atoms with Gasteiger partial charge in [0.05, 0.1) is 0 Å². The van der Waals surface area contributed by atoms with Crippen molar-refractivity contribution in [2.45, 2.75) is 24.3 Å². The fourth-order valence-corrected chi connectivity index (χ4v) is 4.86. The van der Waals surface area contributed by atoms with Gasteiger partial charge in [0.2, 0.25) is 10.0 Å². The Kier molecular flexibility index (Phi) is 4.49. The third-order valence-corrected chi connectivity index (χ3v) is 6.38. The Balaban J connectivity index is 1.77. The first kappa shape index (κ1) is 15.9. The van der Waals surface area contributed by atoms with E-state index in [2.05, 4.69) is 10.2 Å². The highest BCUT2D eigenvalue weighted by Crippen LogP contribution is 2.26. The van der Waals surface area contributed by atoms with E-state index in [1.54, 1.807) is 13.0 Å². The Labute approximate surface area is 131 Å². The van der Waals surface area contributed by atoms with Crippen molar-refractivity contribution in [2.75, 3.05) is 39.3 Å². The number of hydrogen-bond donors (Lipinski definition) is 1. The van der Waals surface area contributed by atoms with E-state index < -0.39 is 15.8 Å². The molecule has 22 heavy (non-hydrogen) atoms. The molecule has 0 amide bonds. The maximum atomic E-state index is 13.9. The molecule has 0 saturated carbocycles. The summed E-state index contributed by atoms with van der Waals surface area (Å²) in [6.45, 7) is 6.45. The summed E-state index contributed by atoms with van der Waals surface area (Å²) in [4.78, 5) is 2.13. The Morgan fingerprint density at radius 1 is 1.23 bits per heavy atom. The maximum Gasteiger partial charge on any atom is 0.246 e. The first-order valence-electron chi connectivity index (χ1n) is 7.69. The molecule has 122 valence electrons. The number of piperazine rings is 1. The predicted octanol–water partition coefficient (Wildman–Crippen LogP) is 0.802. The normalized spacial score (nSPS) is 24.7. The summed E-state index contributed by atoms with van der Waals surface area (Å²) in [5.41, 5.74) is 0.748. The minimum Gasteiger partial charge on any atom is -0.314 e. The van der Waals surface area contributed by atoms with Crippen LogP contribution in [-0.2, 0) is 10.0 Å². The molecule has 0 bridgehead atoms. The first-order chi connectivity index (χ1) is 10.5. The molecule has 2 saturated heterocycles. The van der Waals surface area contributed by atoms with Crippen LogP contribution >= 0.6 is 0 Å². The molecule has 0 aromatic heterocycles. The zero-order valence-corrected chi connectivity index (χ0v) is 13.6. The summed E-state index contributed by atoms with van der Waals surface area (Å²) in [6.07, 6.45) is 0.812. The minimum absolute atomic E-state index is 0.200. The molecule has 2 heterocycles. The smallest absolute Gasteiger partial charge is 0.246 e. The number of aryl methyl sites for hydroxylation is 1. The number of halogens is 1. The average Bonchev–Trinajstić information content (AvgIpc) is 3.01. The highest BCUT2D eigenvalue weighted by molar-refractivity contribution is 7.89. The highest BCUT2D eigenvalue weighted by Gasteiger charge is 2.36. The van der Waals surface area contributed by atoms with Crippen molar-refractivity contribution < 1.29 is 12.8 Å². The van der Waals surface area contributed by atoms with Crippen LogP contribution in [0.1, 0.15) is 12.0 Å². The van der Waals surface area contributed by atoms with E-state index in [4.69, 9.17) is 0 Å².